The Morgan fingerprint density at radius 3 is 1.96 bits per heavy atom. The lowest BCUT2D eigenvalue weighted by Gasteiger charge is -2.33. The van der Waals surface area contributed by atoms with Crippen molar-refractivity contribution in [3.8, 4) is 11.5 Å². The molecule has 0 bridgehead atoms. The van der Waals surface area contributed by atoms with Gasteiger partial charge in [-0.2, -0.15) is 0 Å². The number of benzene rings is 1. The third kappa shape index (κ3) is 5.20. The minimum absolute atomic E-state index is 0.292. The maximum atomic E-state index is 6.20. The van der Waals surface area contributed by atoms with Crippen molar-refractivity contribution in [3.63, 3.8) is 0 Å². The van der Waals surface area contributed by atoms with E-state index in [1.54, 1.807) is 0 Å². The van der Waals surface area contributed by atoms with Gasteiger partial charge in [0, 0.05) is 25.2 Å². The Morgan fingerprint density at radius 1 is 0.913 bits per heavy atom. The summed E-state index contributed by atoms with van der Waals surface area (Å²) in [4.78, 5) is 2.26. The molecule has 5 nitrogen and oxygen atoms in total. The highest BCUT2D eigenvalue weighted by Crippen LogP contribution is 2.40. The summed E-state index contributed by atoms with van der Waals surface area (Å²) in [6.45, 7) is 15.2. The van der Waals surface area contributed by atoms with E-state index in [1.807, 2.05) is 53.7 Å². The van der Waals surface area contributed by atoms with Crippen LogP contribution in [0.1, 0.15) is 41.5 Å². The lowest BCUT2D eigenvalue weighted by molar-refractivity contribution is 0.116. The topological polar surface area (TPSA) is 57.0 Å². The summed E-state index contributed by atoms with van der Waals surface area (Å²) in [5, 5.41) is 0. The average molecular weight is 322 g/mol. The lowest BCUT2D eigenvalue weighted by atomic mass is 10.1. The summed E-state index contributed by atoms with van der Waals surface area (Å²) < 4.78 is 17.6. The van der Waals surface area contributed by atoms with E-state index in [9.17, 15) is 0 Å². The molecule has 5 heteroatoms. The fourth-order valence-corrected chi connectivity index (χ4v) is 2.45. The van der Waals surface area contributed by atoms with Gasteiger partial charge in [-0.25, -0.2) is 0 Å². The van der Waals surface area contributed by atoms with Crippen LogP contribution >= 0.6 is 0 Å². The number of hydrogen-bond donors (Lipinski definition) is 1. The zero-order valence-corrected chi connectivity index (χ0v) is 15.2. The van der Waals surface area contributed by atoms with E-state index in [2.05, 4.69) is 4.90 Å². The Balaban J connectivity index is 2.41. The van der Waals surface area contributed by atoms with Crippen molar-refractivity contribution in [3.05, 3.63) is 12.1 Å². The van der Waals surface area contributed by atoms with Crippen molar-refractivity contribution in [1.29, 1.82) is 0 Å². The van der Waals surface area contributed by atoms with Crippen molar-refractivity contribution in [2.45, 2.75) is 52.7 Å². The summed E-state index contributed by atoms with van der Waals surface area (Å²) in [6.07, 6.45) is 0. The molecule has 1 aliphatic heterocycles. The van der Waals surface area contributed by atoms with Crippen molar-refractivity contribution >= 4 is 11.4 Å². The maximum Gasteiger partial charge on any atom is 0.145 e. The minimum Gasteiger partial charge on any atom is -0.486 e. The number of nitrogens with zero attached hydrogens (tertiary/aromatic N) is 1. The van der Waals surface area contributed by atoms with Gasteiger partial charge >= 0.3 is 0 Å². The minimum atomic E-state index is -0.303. The predicted molar refractivity (Wildman–Crippen MR) is 94.6 cm³/mol. The molecule has 1 heterocycles. The van der Waals surface area contributed by atoms with Gasteiger partial charge in [0.15, 0.2) is 0 Å². The van der Waals surface area contributed by atoms with Crippen LogP contribution in [0.4, 0.5) is 11.4 Å². The number of rotatable bonds is 3. The molecule has 1 saturated heterocycles. The van der Waals surface area contributed by atoms with Gasteiger partial charge in [0.05, 0.1) is 24.6 Å². The second-order valence-corrected chi connectivity index (χ2v) is 7.89. The predicted octanol–water partition coefficient (Wildman–Crippen LogP) is 3.46. The Labute approximate surface area is 139 Å². The van der Waals surface area contributed by atoms with Crippen molar-refractivity contribution < 1.29 is 14.2 Å². The highest BCUT2D eigenvalue weighted by atomic mass is 16.5. The molecule has 1 aromatic carbocycles. The molecule has 2 N–H and O–H groups in total. The van der Waals surface area contributed by atoms with E-state index < -0.39 is 0 Å². The van der Waals surface area contributed by atoms with Crippen molar-refractivity contribution in [1.82, 2.24) is 0 Å². The summed E-state index contributed by atoms with van der Waals surface area (Å²) >= 11 is 0. The van der Waals surface area contributed by atoms with Gasteiger partial charge < -0.3 is 24.8 Å². The van der Waals surface area contributed by atoms with Crippen LogP contribution in [0.3, 0.4) is 0 Å². The van der Waals surface area contributed by atoms with Gasteiger partial charge in [-0.1, -0.05) is 0 Å². The van der Waals surface area contributed by atoms with Crippen LogP contribution in [-0.2, 0) is 4.74 Å². The molecule has 2 rings (SSSR count). The normalized spacial score (nSPS) is 16.3. The van der Waals surface area contributed by atoms with Gasteiger partial charge in [-0.3, -0.25) is 0 Å². The van der Waals surface area contributed by atoms with E-state index in [-0.39, 0.29) is 11.2 Å². The molecule has 0 aromatic heterocycles. The number of hydrogen-bond acceptors (Lipinski definition) is 5. The van der Waals surface area contributed by atoms with E-state index >= 15 is 0 Å². The molecule has 0 atom stereocenters. The Bertz CT molecular complexity index is 538. The van der Waals surface area contributed by atoms with E-state index in [0.29, 0.717) is 11.4 Å². The fourth-order valence-electron chi connectivity index (χ4n) is 2.45. The molecule has 0 spiro atoms. The number of ether oxygens (including phenoxy) is 3. The number of anilines is 2. The first-order valence-electron chi connectivity index (χ1n) is 8.19. The number of morpholine rings is 1. The molecule has 0 radical (unpaired) electrons. The first kappa shape index (κ1) is 17.7. The lowest BCUT2D eigenvalue weighted by Crippen LogP contribution is -2.37. The van der Waals surface area contributed by atoms with E-state index in [1.165, 1.54) is 0 Å². The molecule has 1 fully saturated rings. The molecule has 0 unspecified atom stereocenters. The molecule has 23 heavy (non-hydrogen) atoms. The quantitative estimate of drug-likeness (QED) is 0.864. The number of nitrogens with two attached hydrogens (primary N) is 1. The maximum absolute atomic E-state index is 6.20. The SMILES string of the molecule is CC(C)(C)Oc1cc(N2CCOCC2)c(OC(C)(C)C)cc1N. The van der Waals surface area contributed by atoms with Gasteiger partial charge in [-0.15, -0.1) is 0 Å². The highest BCUT2D eigenvalue weighted by Gasteiger charge is 2.23. The van der Waals surface area contributed by atoms with E-state index in [0.717, 1.165) is 37.7 Å². The molecular weight excluding hydrogens is 292 g/mol. The summed E-state index contributed by atoms with van der Waals surface area (Å²) in [5.41, 5.74) is 7.21. The number of nitrogen functional groups attached to an aromatic ring is 1. The highest BCUT2D eigenvalue weighted by molar-refractivity contribution is 5.70. The average Bonchev–Trinajstić information content (AvgIpc) is 2.39. The summed E-state index contributed by atoms with van der Waals surface area (Å²) in [5.74, 6) is 1.48. The Hall–Kier alpha value is -1.62. The zero-order valence-electron chi connectivity index (χ0n) is 15.2. The van der Waals surface area contributed by atoms with Crippen molar-refractivity contribution in [2.75, 3.05) is 36.9 Å². The molecule has 0 saturated carbocycles. The summed E-state index contributed by atoms with van der Waals surface area (Å²) in [7, 11) is 0. The Morgan fingerprint density at radius 2 is 1.43 bits per heavy atom. The monoisotopic (exact) mass is 322 g/mol. The van der Waals surface area contributed by atoms with Crippen LogP contribution in [0.15, 0.2) is 12.1 Å². The molecular formula is C18H30N2O3. The van der Waals surface area contributed by atoms with Crippen LogP contribution in [0.2, 0.25) is 0 Å². The zero-order chi connectivity index (χ0) is 17.3. The summed E-state index contributed by atoms with van der Waals surface area (Å²) in [6, 6.07) is 3.87. The second-order valence-electron chi connectivity index (χ2n) is 7.89. The third-order valence-corrected chi connectivity index (χ3v) is 3.28. The van der Waals surface area contributed by atoms with Crippen LogP contribution in [-0.4, -0.2) is 37.5 Å². The second kappa shape index (κ2) is 6.48. The first-order chi connectivity index (χ1) is 10.6. The smallest absolute Gasteiger partial charge is 0.145 e. The van der Waals surface area contributed by atoms with E-state index in [4.69, 9.17) is 19.9 Å². The van der Waals surface area contributed by atoms with Crippen LogP contribution < -0.4 is 20.1 Å². The van der Waals surface area contributed by atoms with Gasteiger partial charge in [0.25, 0.3) is 0 Å². The third-order valence-electron chi connectivity index (χ3n) is 3.28. The first-order valence-corrected chi connectivity index (χ1v) is 8.19. The van der Waals surface area contributed by atoms with Crippen LogP contribution in [0.5, 0.6) is 11.5 Å². The largest absolute Gasteiger partial charge is 0.486 e. The van der Waals surface area contributed by atoms with Gasteiger partial charge in [0.2, 0.25) is 0 Å². The standard InChI is InChI=1S/C18H30N2O3/c1-17(2,3)22-15-12-14(20-7-9-21-10-8-20)16(11-13(15)19)23-18(4,5)6/h11-12H,7-10,19H2,1-6H3. The molecule has 1 aliphatic rings. The molecule has 130 valence electrons. The van der Waals surface area contributed by atoms with Crippen LogP contribution in [0, 0.1) is 0 Å². The van der Waals surface area contributed by atoms with Crippen molar-refractivity contribution in [2.24, 2.45) is 0 Å². The van der Waals surface area contributed by atoms with Crippen LogP contribution in [0.25, 0.3) is 0 Å². The molecule has 0 amide bonds. The molecule has 1 aromatic rings. The fraction of sp³-hybridized carbons (Fsp3) is 0.667. The van der Waals surface area contributed by atoms with Gasteiger partial charge in [-0.05, 0) is 41.5 Å². The molecule has 0 aliphatic carbocycles. The van der Waals surface area contributed by atoms with Gasteiger partial charge in [0.1, 0.15) is 22.7 Å². The Kier molecular flexibility index (Phi) is 4.99.